The van der Waals surface area contributed by atoms with Crippen molar-refractivity contribution in [3.05, 3.63) is 22.6 Å². The minimum Gasteiger partial charge on any atom is -0.340 e. The van der Waals surface area contributed by atoms with Gasteiger partial charge in [-0.1, -0.05) is 0 Å². The monoisotopic (exact) mass is 237 g/mol. The summed E-state index contributed by atoms with van der Waals surface area (Å²) in [5.41, 5.74) is 5.52. The Morgan fingerprint density at radius 3 is 2.71 bits per heavy atom. The number of aromatic nitrogens is 2. The first-order valence-electron chi connectivity index (χ1n) is 5.92. The first-order chi connectivity index (χ1) is 8.22. The summed E-state index contributed by atoms with van der Waals surface area (Å²) in [6.45, 7) is 5.37. The third kappa shape index (κ3) is 2.65. The predicted molar refractivity (Wildman–Crippen MR) is 67.2 cm³/mol. The molecule has 1 aromatic rings. The Labute approximate surface area is 101 Å². The zero-order valence-corrected chi connectivity index (χ0v) is 10.2. The standard InChI is InChI=1S/C11H19N5O/c1-14-10(17)2-4-13-11(14)16-8-6-15(5-3-12)7-9-16/h2,4H,3,5-9,12H2,1H3. The van der Waals surface area contributed by atoms with Gasteiger partial charge < -0.3 is 10.6 Å². The van der Waals surface area contributed by atoms with Gasteiger partial charge in [0.2, 0.25) is 5.95 Å². The molecular formula is C11H19N5O. The maximum Gasteiger partial charge on any atom is 0.254 e. The maximum atomic E-state index is 11.5. The zero-order chi connectivity index (χ0) is 12.3. The van der Waals surface area contributed by atoms with E-state index in [1.54, 1.807) is 17.8 Å². The summed E-state index contributed by atoms with van der Waals surface area (Å²) in [6, 6.07) is 1.48. The molecule has 0 amide bonds. The number of anilines is 1. The van der Waals surface area contributed by atoms with Gasteiger partial charge in [0, 0.05) is 58.6 Å². The molecule has 1 aromatic heterocycles. The van der Waals surface area contributed by atoms with Crippen LogP contribution in [0.15, 0.2) is 17.1 Å². The minimum atomic E-state index is -0.0145. The molecule has 6 heteroatoms. The van der Waals surface area contributed by atoms with Crippen molar-refractivity contribution >= 4 is 5.95 Å². The average molecular weight is 237 g/mol. The molecule has 0 aromatic carbocycles. The lowest BCUT2D eigenvalue weighted by Crippen LogP contribution is -2.49. The highest BCUT2D eigenvalue weighted by molar-refractivity contribution is 5.31. The summed E-state index contributed by atoms with van der Waals surface area (Å²) in [6.07, 6.45) is 1.57. The van der Waals surface area contributed by atoms with Crippen LogP contribution >= 0.6 is 0 Å². The Hall–Kier alpha value is -1.40. The number of hydrogen-bond acceptors (Lipinski definition) is 5. The summed E-state index contributed by atoms with van der Waals surface area (Å²) in [5.74, 6) is 0.755. The van der Waals surface area contributed by atoms with Crippen molar-refractivity contribution in [2.45, 2.75) is 0 Å². The van der Waals surface area contributed by atoms with Crippen LogP contribution in [0.4, 0.5) is 5.95 Å². The van der Waals surface area contributed by atoms with Crippen LogP contribution in [0.1, 0.15) is 0 Å². The van der Waals surface area contributed by atoms with E-state index >= 15 is 0 Å². The molecule has 1 aliphatic heterocycles. The minimum absolute atomic E-state index is 0.0145. The normalized spacial score (nSPS) is 17.4. The lowest BCUT2D eigenvalue weighted by Gasteiger charge is -2.35. The lowest BCUT2D eigenvalue weighted by molar-refractivity contribution is 0.263. The molecule has 1 fully saturated rings. The third-order valence-corrected chi connectivity index (χ3v) is 3.14. The molecule has 0 atom stereocenters. The SMILES string of the molecule is Cn1c(N2CCN(CCN)CC2)nccc1=O. The Balaban J connectivity index is 2.05. The molecule has 0 spiro atoms. The molecule has 6 nitrogen and oxygen atoms in total. The zero-order valence-electron chi connectivity index (χ0n) is 10.2. The number of rotatable bonds is 3. The Morgan fingerprint density at radius 2 is 2.06 bits per heavy atom. The Morgan fingerprint density at radius 1 is 1.35 bits per heavy atom. The van der Waals surface area contributed by atoms with E-state index in [1.807, 2.05) is 0 Å². The summed E-state index contributed by atoms with van der Waals surface area (Å²) in [7, 11) is 1.76. The van der Waals surface area contributed by atoms with E-state index in [0.29, 0.717) is 6.54 Å². The first kappa shape index (κ1) is 12.1. The fourth-order valence-electron chi connectivity index (χ4n) is 2.11. The van der Waals surface area contributed by atoms with E-state index < -0.39 is 0 Å². The topological polar surface area (TPSA) is 67.4 Å². The van der Waals surface area contributed by atoms with Crippen LogP contribution in [-0.2, 0) is 7.05 Å². The molecule has 1 saturated heterocycles. The van der Waals surface area contributed by atoms with Gasteiger partial charge >= 0.3 is 0 Å². The van der Waals surface area contributed by atoms with E-state index in [2.05, 4.69) is 14.8 Å². The number of nitrogens with two attached hydrogens (primary N) is 1. The average Bonchev–Trinajstić information content (AvgIpc) is 2.34. The number of hydrogen-bond donors (Lipinski definition) is 1. The van der Waals surface area contributed by atoms with Gasteiger partial charge in [-0.25, -0.2) is 4.98 Å². The molecule has 2 N–H and O–H groups in total. The van der Waals surface area contributed by atoms with Crippen LogP contribution in [-0.4, -0.2) is 53.7 Å². The summed E-state index contributed by atoms with van der Waals surface area (Å²) in [4.78, 5) is 20.3. The number of nitrogens with zero attached hydrogens (tertiary/aromatic N) is 4. The predicted octanol–water partition coefficient (Wildman–Crippen LogP) is -1.14. The Bertz CT molecular complexity index is 422. The molecule has 0 radical (unpaired) electrons. The largest absolute Gasteiger partial charge is 0.340 e. The highest BCUT2D eigenvalue weighted by Crippen LogP contribution is 2.10. The van der Waals surface area contributed by atoms with Crippen molar-refractivity contribution in [2.75, 3.05) is 44.2 Å². The van der Waals surface area contributed by atoms with Crippen LogP contribution in [0.5, 0.6) is 0 Å². The van der Waals surface area contributed by atoms with Crippen LogP contribution in [0.3, 0.4) is 0 Å². The van der Waals surface area contributed by atoms with Crippen LogP contribution in [0.25, 0.3) is 0 Å². The fourth-order valence-corrected chi connectivity index (χ4v) is 2.11. The van der Waals surface area contributed by atoms with Gasteiger partial charge in [0.15, 0.2) is 0 Å². The molecule has 2 heterocycles. The van der Waals surface area contributed by atoms with Gasteiger partial charge in [-0.05, 0) is 0 Å². The van der Waals surface area contributed by atoms with E-state index in [9.17, 15) is 4.79 Å². The molecule has 1 aliphatic rings. The molecule has 0 saturated carbocycles. The third-order valence-electron chi connectivity index (χ3n) is 3.14. The molecule has 0 aliphatic carbocycles. The van der Waals surface area contributed by atoms with Crippen LogP contribution in [0.2, 0.25) is 0 Å². The molecule has 17 heavy (non-hydrogen) atoms. The number of piperazine rings is 1. The molecule has 94 valence electrons. The first-order valence-corrected chi connectivity index (χ1v) is 5.92. The van der Waals surface area contributed by atoms with Gasteiger partial charge in [0.25, 0.3) is 5.56 Å². The van der Waals surface area contributed by atoms with Crippen LogP contribution < -0.4 is 16.2 Å². The van der Waals surface area contributed by atoms with Crippen molar-refractivity contribution in [2.24, 2.45) is 12.8 Å². The second-order valence-corrected chi connectivity index (χ2v) is 4.26. The summed E-state index contributed by atoms with van der Waals surface area (Å²) >= 11 is 0. The summed E-state index contributed by atoms with van der Waals surface area (Å²) < 4.78 is 1.60. The van der Waals surface area contributed by atoms with Gasteiger partial charge in [0.05, 0.1) is 0 Å². The molecule has 0 bridgehead atoms. The lowest BCUT2D eigenvalue weighted by atomic mass is 10.3. The van der Waals surface area contributed by atoms with Crippen LogP contribution in [0, 0.1) is 0 Å². The second kappa shape index (κ2) is 5.29. The van der Waals surface area contributed by atoms with Crippen molar-refractivity contribution in [3.8, 4) is 0 Å². The van der Waals surface area contributed by atoms with E-state index in [4.69, 9.17) is 5.73 Å². The van der Waals surface area contributed by atoms with E-state index in [1.165, 1.54) is 6.07 Å². The molecule has 0 unspecified atom stereocenters. The quantitative estimate of drug-likeness (QED) is 0.720. The highest BCUT2D eigenvalue weighted by atomic mass is 16.1. The fraction of sp³-hybridized carbons (Fsp3) is 0.636. The molecule has 2 rings (SSSR count). The Kier molecular flexibility index (Phi) is 3.75. The van der Waals surface area contributed by atoms with Crippen molar-refractivity contribution in [3.63, 3.8) is 0 Å². The van der Waals surface area contributed by atoms with Gasteiger partial charge in [-0.15, -0.1) is 0 Å². The molecular weight excluding hydrogens is 218 g/mol. The maximum absolute atomic E-state index is 11.5. The van der Waals surface area contributed by atoms with E-state index in [0.717, 1.165) is 38.7 Å². The van der Waals surface area contributed by atoms with E-state index in [-0.39, 0.29) is 5.56 Å². The summed E-state index contributed by atoms with van der Waals surface area (Å²) in [5, 5.41) is 0. The van der Waals surface area contributed by atoms with Gasteiger partial charge in [-0.3, -0.25) is 14.3 Å². The van der Waals surface area contributed by atoms with Crippen molar-refractivity contribution in [1.29, 1.82) is 0 Å². The smallest absolute Gasteiger partial charge is 0.254 e. The van der Waals surface area contributed by atoms with Crippen molar-refractivity contribution in [1.82, 2.24) is 14.5 Å². The van der Waals surface area contributed by atoms with Gasteiger partial charge in [0.1, 0.15) is 0 Å². The highest BCUT2D eigenvalue weighted by Gasteiger charge is 2.18. The van der Waals surface area contributed by atoms with Crippen molar-refractivity contribution < 1.29 is 0 Å². The second-order valence-electron chi connectivity index (χ2n) is 4.26. The van der Waals surface area contributed by atoms with Gasteiger partial charge in [-0.2, -0.15) is 0 Å².